The van der Waals surface area contributed by atoms with Crippen LogP contribution >= 0.6 is 11.8 Å². The molecule has 3 amide bonds. The maximum atomic E-state index is 14.3. The molecule has 0 aromatic heterocycles. The van der Waals surface area contributed by atoms with Gasteiger partial charge in [-0.3, -0.25) is 14.4 Å². The number of hydrogen-bond acceptors (Lipinski definition) is 5. The third-order valence-electron chi connectivity index (χ3n) is 9.12. The molecule has 8 heteroatoms. The summed E-state index contributed by atoms with van der Waals surface area (Å²) in [6.45, 7) is 10.5. The second-order valence-electron chi connectivity index (χ2n) is 11.6. The highest BCUT2D eigenvalue weighted by Gasteiger charge is 2.61. The van der Waals surface area contributed by atoms with Crippen molar-refractivity contribution >= 4 is 29.5 Å². The van der Waals surface area contributed by atoms with Crippen LogP contribution in [0.15, 0.2) is 24.3 Å². The lowest BCUT2D eigenvalue weighted by molar-refractivity contribution is -0.146. The minimum Gasteiger partial charge on any atom is -0.347 e. The molecule has 3 N–H and O–H groups in total. The van der Waals surface area contributed by atoms with Gasteiger partial charge in [-0.15, -0.1) is 11.8 Å². The van der Waals surface area contributed by atoms with Crippen LogP contribution in [0.5, 0.6) is 0 Å². The minimum atomic E-state index is -0.623. The fraction of sp³-hybridized carbons (Fsp3) is 0.690. The average Bonchev–Trinajstić information content (AvgIpc) is 3.17. The highest BCUT2D eigenvalue weighted by molar-refractivity contribution is 7.99. The first-order chi connectivity index (χ1) is 17.6. The van der Waals surface area contributed by atoms with E-state index in [1.165, 1.54) is 11.1 Å². The molecular formula is C29H44N4O3S. The predicted octanol–water partition coefficient (Wildman–Crippen LogP) is 3.64. The minimum absolute atomic E-state index is 0.0461. The second kappa shape index (κ2) is 11.4. The normalized spacial score (nSPS) is 27.9. The van der Waals surface area contributed by atoms with Gasteiger partial charge in [0.05, 0.1) is 17.5 Å². The van der Waals surface area contributed by atoms with Crippen LogP contribution in [0.25, 0.3) is 0 Å². The number of rotatable bonds is 7. The third-order valence-corrected chi connectivity index (χ3v) is 10.4. The summed E-state index contributed by atoms with van der Waals surface area (Å²) in [4.78, 5) is 43.0. The van der Waals surface area contributed by atoms with E-state index in [0.717, 1.165) is 31.4 Å². The van der Waals surface area contributed by atoms with Crippen molar-refractivity contribution in [2.45, 2.75) is 96.3 Å². The summed E-state index contributed by atoms with van der Waals surface area (Å²) in [6.07, 6.45) is 4.32. The van der Waals surface area contributed by atoms with Crippen molar-refractivity contribution in [3.05, 3.63) is 35.4 Å². The molecule has 2 saturated heterocycles. The number of aryl methyl sites for hydroxylation is 1. The largest absolute Gasteiger partial charge is 0.347 e. The van der Waals surface area contributed by atoms with E-state index in [9.17, 15) is 14.4 Å². The second-order valence-corrected chi connectivity index (χ2v) is 12.9. The fourth-order valence-electron chi connectivity index (χ4n) is 6.83. The van der Waals surface area contributed by atoms with Gasteiger partial charge in [-0.1, -0.05) is 52.0 Å². The molecule has 37 heavy (non-hydrogen) atoms. The van der Waals surface area contributed by atoms with Gasteiger partial charge in [0.25, 0.3) is 0 Å². The third kappa shape index (κ3) is 5.16. The van der Waals surface area contributed by atoms with Crippen LogP contribution in [0.3, 0.4) is 0 Å². The first kappa shape index (κ1) is 28.0. The summed E-state index contributed by atoms with van der Waals surface area (Å²) < 4.78 is 0. The Morgan fingerprint density at radius 2 is 1.73 bits per heavy atom. The molecule has 2 heterocycles. The molecule has 0 bridgehead atoms. The molecule has 1 aliphatic carbocycles. The lowest BCUT2D eigenvalue weighted by atomic mass is 9.63. The lowest BCUT2D eigenvalue weighted by Crippen LogP contribution is -2.60. The van der Waals surface area contributed by atoms with Crippen LogP contribution in [0.1, 0.15) is 77.5 Å². The van der Waals surface area contributed by atoms with Crippen LogP contribution in [-0.2, 0) is 20.8 Å². The van der Waals surface area contributed by atoms with Gasteiger partial charge in [-0.2, -0.15) is 0 Å². The molecule has 2 fully saturated rings. The van der Waals surface area contributed by atoms with Crippen molar-refractivity contribution in [2.75, 3.05) is 12.8 Å². The van der Waals surface area contributed by atoms with E-state index in [1.54, 1.807) is 25.7 Å². The zero-order valence-electron chi connectivity index (χ0n) is 23.2. The van der Waals surface area contributed by atoms with Gasteiger partial charge in [0.2, 0.25) is 17.7 Å². The molecule has 0 spiro atoms. The molecule has 0 radical (unpaired) electrons. The number of nitrogens with zero attached hydrogens (tertiary/aromatic N) is 1. The first-order valence-corrected chi connectivity index (χ1v) is 15.0. The van der Waals surface area contributed by atoms with E-state index in [2.05, 4.69) is 61.8 Å². The number of amides is 3. The quantitative estimate of drug-likeness (QED) is 0.503. The Kier molecular flexibility index (Phi) is 8.58. The highest BCUT2D eigenvalue weighted by Crippen LogP contribution is 2.55. The Hall–Kier alpha value is -2.06. The number of thioether (sulfide) groups is 1. The van der Waals surface area contributed by atoms with Crippen molar-refractivity contribution in [1.82, 2.24) is 20.9 Å². The fourth-order valence-corrected chi connectivity index (χ4v) is 8.26. The number of carbonyl (C=O) groups is 3. The number of nitrogens with one attached hydrogen (secondary N) is 3. The Labute approximate surface area is 226 Å². The molecule has 1 aromatic rings. The van der Waals surface area contributed by atoms with Crippen LogP contribution in [0.4, 0.5) is 0 Å². The van der Waals surface area contributed by atoms with Gasteiger partial charge in [-0.25, -0.2) is 0 Å². The monoisotopic (exact) mass is 528 g/mol. The number of carbonyl (C=O) groups excluding carboxylic acids is 3. The van der Waals surface area contributed by atoms with Crippen molar-refractivity contribution < 1.29 is 14.4 Å². The summed E-state index contributed by atoms with van der Waals surface area (Å²) in [5.74, 6) is 0.805. The molecule has 3 unspecified atom stereocenters. The summed E-state index contributed by atoms with van der Waals surface area (Å²) in [5.41, 5.74) is 2.14. The molecular weight excluding hydrogens is 484 g/mol. The maximum Gasteiger partial charge on any atom is 0.246 e. The molecule has 5 atom stereocenters. The summed E-state index contributed by atoms with van der Waals surface area (Å²) in [5, 5.41) is 9.25. The van der Waals surface area contributed by atoms with Crippen LogP contribution in [0.2, 0.25) is 0 Å². The van der Waals surface area contributed by atoms with Gasteiger partial charge in [0.15, 0.2) is 0 Å². The first-order valence-electron chi connectivity index (χ1n) is 13.9. The van der Waals surface area contributed by atoms with Gasteiger partial charge in [0, 0.05) is 5.41 Å². The van der Waals surface area contributed by atoms with Crippen LogP contribution < -0.4 is 16.0 Å². The predicted molar refractivity (Wildman–Crippen MR) is 149 cm³/mol. The number of likely N-dealkylation sites (N-methyl/N-ethyl adjacent to an activating group) is 1. The van der Waals surface area contributed by atoms with E-state index < -0.39 is 18.1 Å². The molecule has 2 aliphatic heterocycles. The van der Waals surface area contributed by atoms with Crippen LogP contribution in [-0.4, -0.2) is 58.9 Å². The van der Waals surface area contributed by atoms with Crippen LogP contribution in [0, 0.1) is 17.3 Å². The van der Waals surface area contributed by atoms with Crippen molar-refractivity contribution in [2.24, 2.45) is 17.3 Å². The number of fused-ring (bicyclic) bond motifs is 2. The molecule has 204 valence electrons. The topological polar surface area (TPSA) is 90.5 Å². The van der Waals surface area contributed by atoms with Gasteiger partial charge < -0.3 is 20.9 Å². The van der Waals surface area contributed by atoms with E-state index >= 15 is 0 Å². The zero-order valence-corrected chi connectivity index (χ0v) is 24.0. The Morgan fingerprint density at radius 1 is 1.03 bits per heavy atom. The van der Waals surface area contributed by atoms with E-state index in [4.69, 9.17) is 0 Å². The molecule has 3 aliphatic rings. The Balaban J connectivity index is 1.69. The highest BCUT2D eigenvalue weighted by atomic mass is 32.2. The molecule has 0 saturated carbocycles. The maximum absolute atomic E-state index is 14.3. The standard InChI is InChI=1S/C29H44N4O3S/c1-17(2)29(18(3)4)16-24-33(28(36)23(14-15-37-24)32-26(34)19(5)30-6)25(29)27(35)31-22-13-9-11-20-10-7-8-12-21(20)22/h7-8,10,12,17-19,22-25,30H,9,11,13-16H2,1-6H3,(H,31,35)(H,32,34)/t19-,22+,23?,24?,25?/m0/s1. The summed E-state index contributed by atoms with van der Waals surface area (Å²) in [7, 11) is 1.73. The average molecular weight is 529 g/mol. The molecule has 4 rings (SSSR count). The summed E-state index contributed by atoms with van der Waals surface area (Å²) in [6, 6.07) is 6.73. The Morgan fingerprint density at radius 3 is 2.41 bits per heavy atom. The SMILES string of the molecule is CN[C@@H](C)C(=O)NC1CCSC2CC(C(C)C)(C(C)C)C(C(=O)N[C@@H]3CCCc4ccccc43)N2C1=O. The number of hydrogen-bond donors (Lipinski definition) is 3. The lowest BCUT2D eigenvalue weighted by Gasteiger charge is -2.44. The smallest absolute Gasteiger partial charge is 0.246 e. The molecule has 1 aromatic carbocycles. The zero-order chi connectivity index (χ0) is 26.9. The summed E-state index contributed by atoms with van der Waals surface area (Å²) >= 11 is 1.75. The van der Waals surface area contributed by atoms with Crippen molar-refractivity contribution in [3.8, 4) is 0 Å². The number of benzene rings is 1. The van der Waals surface area contributed by atoms with E-state index in [-0.39, 0.29) is 46.4 Å². The van der Waals surface area contributed by atoms with Gasteiger partial charge >= 0.3 is 0 Å². The molecule has 7 nitrogen and oxygen atoms in total. The van der Waals surface area contributed by atoms with Crippen molar-refractivity contribution in [3.63, 3.8) is 0 Å². The van der Waals surface area contributed by atoms with Gasteiger partial charge in [0.1, 0.15) is 12.1 Å². The van der Waals surface area contributed by atoms with Gasteiger partial charge in [-0.05, 0) is 74.8 Å². The Bertz CT molecular complexity index is 1000. The van der Waals surface area contributed by atoms with E-state index in [1.807, 2.05) is 11.0 Å². The van der Waals surface area contributed by atoms with E-state index in [0.29, 0.717) is 6.42 Å². The van der Waals surface area contributed by atoms with Crippen molar-refractivity contribution in [1.29, 1.82) is 0 Å².